The van der Waals surface area contributed by atoms with Crippen LogP contribution in [0.4, 0.5) is 14.5 Å². The minimum atomic E-state index is -0.914. The Balaban J connectivity index is 2.51. The zero-order valence-corrected chi connectivity index (χ0v) is 8.81. The van der Waals surface area contributed by atoms with Gasteiger partial charge in [0.25, 0.3) is 0 Å². The van der Waals surface area contributed by atoms with Crippen molar-refractivity contribution in [1.82, 2.24) is 0 Å². The summed E-state index contributed by atoms with van der Waals surface area (Å²) in [6.45, 7) is 0. The van der Waals surface area contributed by atoms with E-state index < -0.39 is 11.6 Å². The number of halogens is 2. The van der Waals surface area contributed by atoms with Gasteiger partial charge in [-0.15, -0.1) is 11.3 Å². The predicted molar refractivity (Wildman–Crippen MR) is 58.8 cm³/mol. The molecule has 0 aliphatic carbocycles. The number of thiophene rings is 1. The van der Waals surface area contributed by atoms with Crippen molar-refractivity contribution in [2.45, 2.75) is 0 Å². The van der Waals surface area contributed by atoms with Crippen LogP contribution in [-0.4, -0.2) is 0 Å². The fraction of sp³-hybridized carbons (Fsp3) is 0. The molecule has 5 heteroatoms. The van der Waals surface area contributed by atoms with Gasteiger partial charge in [0, 0.05) is 4.88 Å². The number of rotatable bonds is 1. The van der Waals surface area contributed by atoms with Gasteiger partial charge in [0.2, 0.25) is 0 Å². The Morgan fingerprint density at radius 2 is 1.94 bits per heavy atom. The van der Waals surface area contributed by atoms with Crippen LogP contribution in [0.1, 0.15) is 4.88 Å². The molecule has 0 bridgehead atoms. The molecule has 2 aromatic rings. The molecule has 0 radical (unpaired) electrons. The van der Waals surface area contributed by atoms with E-state index in [0.29, 0.717) is 21.0 Å². The molecular formula is C11H6F2N2S. The van der Waals surface area contributed by atoms with Crippen molar-refractivity contribution in [3.63, 3.8) is 0 Å². The minimum absolute atomic E-state index is 0.354. The summed E-state index contributed by atoms with van der Waals surface area (Å²) >= 11 is 1.15. The van der Waals surface area contributed by atoms with Crippen molar-refractivity contribution in [2.75, 3.05) is 5.73 Å². The van der Waals surface area contributed by atoms with E-state index in [-0.39, 0.29) is 0 Å². The maximum absolute atomic E-state index is 13.0. The number of hydrogen-bond acceptors (Lipinski definition) is 3. The summed E-state index contributed by atoms with van der Waals surface area (Å²) in [7, 11) is 0. The molecule has 0 saturated heterocycles. The minimum Gasteiger partial charge on any atom is -0.397 e. The summed E-state index contributed by atoms with van der Waals surface area (Å²) in [5, 5.41) is 8.72. The third kappa shape index (κ3) is 1.75. The topological polar surface area (TPSA) is 49.8 Å². The van der Waals surface area contributed by atoms with Gasteiger partial charge in [-0.05, 0) is 23.8 Å². The van der Waals surface area contributed by atoms with E-state index >= 15 is 0 Å². The quantitative estimate of drug-likeness (QED) is 0.826. The standard InChI is InChI=1S/C11H6F2N2S/c12-7-2-1-6(3-8(7)13)10-4-9(15)11(5-14)16-10/h1-4H,15H2. The van der Waals surface area contributed by atoms with E-state index in [1.165, 1.54) is 6.07 Å². The Morgan fingerprint density at radius 3 is 2.50 bits per heavy atom. The molecule has 2 rings (SSSR count). The first-order valence-electron chi connectivity index (χ1n) is 4.36. The molecule has 0 saturated carbocycles. The fourth-order valence-electron chi connectivity index (χ4n) is 1.28. The van der Waals surface area contributed by atoms with Gasteiger partial charge >= 0.3 is 0 Å². The molecule has 16 heavy (non-hydrogen) atoms. The van der Waals surface area contributed by atoms with Gasteiger partial charge in [-0.1, -0.05) is 6.07 Å². The van der Waals surface area contributed by atoms with Crippen molar-refractivity contribution >= 4 is 17.0 Å². The van der Waals surface area contributed by atoms with Crippen molar-refractivity contribution < 1.29 is 8.78 Å². The molecule has 0 atom stereocenters. The molecule has 1 heterocycles. The monoisotopic (exact) mass is 236 g/mol. The lowest BCUT2D eigenvalue weighted by Crippen LogP contribution is -1.84. The fourth-order valence-corrected chi connectivity index (χ4v) is 2.16. The third-order valence-electron chi connectivity index (χ3n) is 2.07. The summed E-state index contributed by atoms with van der Waals surface area (Å²) in [6.07, 6.45) is 0. The van der Waals surface area contributed by atoms with Crippen molar-refractivity contribution in [2.24, 2.45) is 0 Å². The highest BCUT2D eigenvalue weighted by atomic mass is 32.1. The molecule has 0 spiro atoms. The SMILES string of the molecule is N#Cc1sc(-c2ccc(F)c(F)c2)cc1N. The first-order chi connectivity index (χ1) is 7.61. The normalized spacial score (nSPS) is 10.1. The van der Waals surface area contributed by atoms with Crippen LogP contribution >= 0.6 is 11.3 Å². The number of nitrogen functional groups attached to an aromatic ring is 1. The van der Waals surface area contributed by atoms with Crippen LogP contribution in [0.25, 0.3) is 10.4 Å². The first kappa shape index (κ1) is 10.6. The Bertz CT molecular complexity index is 584. The van der Waals surface area contributed by atoms with E-state index in [9.17, 15) is 8.78 Å². The molecule has 0 unspecified atom stereocenters. The smallest absolute Gasteiger partial charge is 0.159 e. The average molecular weight is 236 g/mol. The van der Waals surface area contributed by atoms with Crippen molar-refractivity contribution in [1.29, 1.82) is 5.26 Å². The Morgan fingerprint density at radius 1 is 1.19 bits per heavy atom. The Kier molecular flexibility index (Phi) is 2.59. The lowest BCUT2D eigenvalue weighted by molar-refractivity contribution is 0.509. The zero-order valence-electron chi connectivity index (χ0n) is 8.00. The van der Waals surface area contributed by atoms with Crippen LogP contribution in [0.2, 0.25) is 0 Å². The third-order valence-corrected chi connectivity index (χ3v) is 3.17. The van der Waals surface area contributed by atoms with Crippen LogP contribution in [0.15, 0.2) is 24.3 Å². The summed E-state index contributed by atoms with van der Waals surface area (Å²) in [6, 6.07) is 7.10. The van der Waals surface area contributed by atoms with Gasteiger partial charge in [0.15, 0.2) is 11.6 Å². The van der Waals surface area contributed by atoms with Gasteiger partial charge in [-0.2, -0.15) is 5.26 Å². The highest BCUT2D eigenvalue weighted by Gasteiger charge is 2.09. The van der Waals surface area contributed by atoms with Crippen LogP contribution in [0.3, 0.4) is 0 Å². The van der Waals surface area contributed by atoms with Crippen LogP contribution in [0, 0.1) is 23.0 Å². The zero-order chi connectivity index (χ0) is 11.7. The van der Waals surface area contributed by atoms with Crippen LogP contribution in [-0.2, 0) is 0 Å². The van der Waals surface area contributed by atoms with Gasteiger partial charge < -0.3 is 5.73 Å². The summed E-state index contributed by atoms with van der Waals surface area (Å²) in [5.41, 5.74) is 6.44. The molecule has 80 valence electrons. The molecule has 1 aromatic carbocycles. The van der Waals surface area contributed by atoms with Crippen LogP contribution in [0.5, 0.6) is 0 Å². The second kappa shape index (κ2) is 3.91. The second-order valence-electron chi connectivity index (χ2n) is 3.14. The average Bonchev–Trinajstić information content (AvgIpc) is 2.64. The summed E-state index contributed by atoms with van der Waals surface area (Å²) in [5.74, 6) is -1.81. The maximum atomic E-state index is 13.0. The Hall–Kier alpha value is -1.93. The number of hydrogen-bond donors (Lipinski definition) is 1. The second-order valence-corrected chi connectivity index (χ2v) is 4.19. The molecule has 1 aromatic heterocycles. The van der Waals surface area contributed by atoms with E-state index in [1.807, 2.05) is 6.07 Å². The van der Waals surface area contributed by atoms with Gasteiger partial charge in [-0.3, -0.25) is 0 Å². The number of nitriles is 1. The molecule has 2 nitrogen and oxygen atoms in total. The van der Waals surface area contributed by atoms with Crippen molar-refractivity contribution in [3.05, 3.63) is 40.8 Å². The van der Waals surface area contributed by atoms with E-state index in [2.05, 4.69) is 0 Å². The number of nitrogens with zero attached hydrogens (tertiary/aromatic N) is 1. The highest BCUT2D eigenvalue weighted by molar-refractivity contribution is 7.16. The molecule has 0 amide bonds. The largest absolute Gasteiger partial charge is 0.397 e. The molecule has 0 fully saturated rings. The van der Waals surface area contributed by atoms with Gasteiger partial charge in [0.1, 0.15) is 10.9 Å². The highest BCUT2D eigenvalue weighted by Crippen LogP contribution is 2.33. The molecule has 0 aliphatic rings. The molecular weight excluding hydrogens is 230 g/mol. The number of nitrogens with two attached hydrogens (primary N) is 1. The maximum Gasteiger partial charge on any atom is 0.159 e. The van der Waals surface area contributed by atoms with Crippen LogP contribution < -0.4 is 5.73 Å². The first-order valence-corrected chi connectivity index (χ1v) is 5.18. The van der Waals surface area contributed by atoms with Gasteiger partial charge in [-0.25, -0.2) is 8.78 Å². The van der Waals surface area contributed by atoms with Crippen molar-refractivity contribution in [3.8, 4) is 16.5 Å². The number of benzene rings is 1. The number of anilines is 1. The molecule has 0 aliphatic heterocycles. The molecule has 2 N–H and O–H groups in total. The Labute approximate surface area is 94.6 Å². The van der Waals surface area contributed by atoms with Gasteiger partial charge in [0.05, 0.1) is 5.69 Å². The van der Waals surface area contributed by atoms with E-state index in [0.717, 1.165) is 23.5 Å². The van der Waals surface area contributed by atoms with E-state index in [1.54, 1.807) is 6.07 Å². The predicted octanol–water partition coefficient (Wildman–Crippen LogP) is 3.15. The summed E-state index contributed by atoms with van der Waals surface area (Å²) in [4.78, 5) is 1.02. The summed E-state index contributed by atoms with van der Waals surface area (Å²) < 4.78 is 25.7. The lowest BCUT2D eigenvalue weighted by atomic mass is 10.2. The van der Waals surface area contributed by atoms with E-state index in [4.69, 9.17) is 11.0 Å². The lowest BCUT2D eigenvalue weighted by Gasteiger charge is -1.97.